The second-order valence-corrected chi connectivity index (χ2v) is 11.1. The van der Waals surface area contributed by atoms with Crippen molar-refractivity contribution in [1.82, 2.24) is 4.31 Å². The van der Waals surface area contributed by atoms with Gasteiger partial charge in [-0.1, -0.05) is 25.1 Å². The Morgan fingerprint density at radius 1 is 1.21 bits per heavy atom. The molecule has 9 heteroatoms. The maximum Gasteiger partial charge on any atom is 0.265 e. The molecule has 3 aliphatic heterocycles. The molecule has 0 bridgehead atoms. The number of amides is 2. The van der Waals surface area contributed by atoms with Crippen LogP contribution in [0.1, 0.15) is 37.3 Å². The van der Waals surface area contributed by atoms with Crippen LogP contribution in [0.3, 0.4) is 0 Å². The highest BCUT2D eigenvalue weighted by atomic mass is 32.2. The third-order valence-electron chi connectivity index (χ3n) is 6.97. The quantitative estimate of drug-likeness (QED) is 0.721. The SMILES string of the molecule is CC[C@@H]1Oc2cc(S(=O)(=O)N3CCC[C@H](C(=O)N4CCc5ccccc54)C3)c(C)cc2NC1=O. The number of hydrogen-bond donors (Lipinski definition) is 1. The molecule has 1 saturated heterocycles. The van der Waals surface area contributed by atoms with Crippen LogP contribution >= 0.6 is 0 Å². The zero-order valence-electron chi connectivity index (χ0n) is 19.4. The molecule has 2 atom stereocenters. The second kappa shape index (κ2) is 8.70. The smallest absolute Gasteiger partial charge is 0.265 e. The van der Waals surface area contributed by atoms with Crippen molar-refractivity contribution in [2.45, 2.75) is 50.5 Å². The summed E-state index contributed by atoms with van der Waals surface area (Å²) in [5, 5.41) is 2.80. The molecular formula is C25H29N3O5S. The first-order chi connectivity index (χ1) is 16.3. The number of piperidine rings is 1. The molecule has 0 unspecified atom stereocenters. The van der Waals surface area contributed by atoms with Gasteiger partial charge in [-0.2, -0.15) is 4.31 Å². The standard InChI is InChI=1S/C25H29N3O5S/c1-3-21-24(29)26-19-13-16(2)23(14-22(19)33-21)34(31,32)27-11-6-8-18(15-27)25(30)28-12-10-17-7-4-5-9-20(17)28/h4-5,7,9,13-14,18,21H,3,6,8,10-12,15H2,1-2H3,(H,26,29)/t18-,21-/m0/s1. The van der Waals surface area contributed by atoms with E-state index < -0.39 is 16.1 Å². The van der Waals surface area contributed by atoms with E-state index in [1.165, 1.54) is 10.4 Å². The zero-order valence-corrected chi connectivity index (χ0v) is 20.2. The van der Waals surface area contributed by atoms with E-state index in [1.807, 2.05) is 36.1 Å². The Hall–Kier alpha value is -2.91. The van der Waals surface area contributed by atoms with Crippen molar-refractivity contribution in [3.8, 4) is 5.75 Å². The van der Waals surface area contributed by atoms with Crippen LogP contribution in [0.4, 0.5) is 11.4 Å². The van der Waals surface area contributed by atoms with Crippen LogP contribution < -0.4 is 15.0 Å². The maximum atomic E-state index is 13.7. The molecule has 1 N–H and O–H groups in total. The summed E-state index contributed by atoms with van der Waals surface area (Å²) < 4.78 is 34.5. The highest BCUT2D eigenvalue weighted by Gasteiger charge is 2.38. The minimum atomic E-state index is -3.84. The van der Waals surface area contributed by atoms with E-state index in [4.69, 9.17) is 4.74 Å². The summed E-state index contributed by atoms with van der Waals surface area (Å²) in [5.74, 6) is -0.267. The Morgan fingerprint density at radius 2 is 2.00 bits per heavy atom. The van der Waals surface area contributed by atoms with Gasteiger partial charge in [0.15, 0.2) is 6.10 Å². The molecule has 0 spiro atoms. The summed E-state index contributed by atoms with van der Waals surface area (Å²) in [5.41, 5.74) is 3.09. The third kappa shape index (κ3) is 3.86. The van der Waals surface area contributed by atoms with E-state index >= 15 is 0 Å². The summed E-state index contributed by atoms with van der Waals surface area (Å²) in [4.78, 5) is 27.4. The largest absolute Gasteiger partial charge is 0.478 e. The van der Waals surface area contributed by atoms with Gasteiger partial charge in [-0.05, 0) is 55.9 Å². The van der Waals surface area contributed by atoms with E-state index in [2.05, 4.69) is 5.32 Å². The predicted molar refractivity (Wildman–Crippen MR) is 128 cm³/mol. The molecular weight excluding hydrogens is 454 g/mol. The fraction of sp³-hybridized carbons (Fsp3) is 0.440. The van der Waals surface area contributed by atoms with Gasteiger partial charge >= 0.3 is 0 Å². The van der Waals surface area contributed by atoms with Gasteiger partial charge in [-0.3, -0.25) is 9.59 Å². The molecule has 2 aromatic carbocycles. The Morgan fingerprint density at radius 3 is 2.79 bits per heavy atom. The van der Waals surface area contributed by atoms with Crippen molar-refractivity contribution >= 4 is 33.2 Å². The van der Waals surface area contributed by atoms with Gasteiger partial charge in [0.2, 0.25) is 15.9 Å². The first-order valence-electron chi connectivity index (χ1n) is 11.8. The average molecular weight is 484 g/mol. The first kappa shape index (κ1) is 22.9. The van der Waals surface area contributed by atoms with Crippen LogP contribution in [0.15, 0.2) is 41.3 Å². The Kier molecular flexibility index (Phi) is 5.85. The van der Waals surface area contributed by atoms with E-state index in [-0.39, 0.29) is 29.2 Å². The number of nitrogens with zero attached hydrogens (tertiary/aromatic N) is 2. The van der Waals surface area contributed by atoms with Gasteiger partial charge in [-0.15, -0.1) is 0 Å². The molecule has 3 aliphatic rings. The number of fused-ring (bicyclic) bond motifs is 2. The topological polar surface area (TPSA) is 96.0 Å². The van der Waals surface area contributed by atoms with E-state index in [1.54, 1.807) is 13.0 Å². The molecule has 8 nitrogen and oxygen atoms in total. The Labute approximate surface area is 199 Å². The molecule has 2 amide bonds. The second-order valence-electron chi connectivity index (χ2n) is 9.19. The highest BCUT2D eigenvalue weighted by Crippen LogP contribution is 2.37. The number of aryl methyl sites for hydroxylation is 1. The van der Waals surface area contributed by atoms with E-state index in [0.717, 1.165) is 17.7 Å². The van der Waals surface area contributed by atoms with Gasteiger partial charge in [-0.25, -0.2) is 8.42 Å². The molecule has 0 saturated carbocycles. The molecule has 2 aromatic rings. The molecule has 0 radical (unpaired) electrons. The minimum absolute atomic E-state index is 0.0103. The zero-order chi connectivity index (χ0) is 24.0. The number of benzene rings is 2. The monoisotopic (exact) mass is 483 g/mol. The van der Waals surface area contributed by atoms with Crippen LogP contribution in [0, 0.1) is 12.8 Å². The number of nitrogens with one attached hydrogen (secondary N) is 1. The summed E-state index contributed by atoms with van der Waals surface area (Å²) in [7, 11) is -3.84. The van der Waals surface area contributed by atoms with Gasteiger partial charge in [0.05, 0.1) is 16.5 Å². The van der Waals surface area contributed by atoms with Gasteiger partial charge in [0, 0.05) is 31.4 Å². The molecule has 5 rings (SSSR count). The van der Waals surface area contributed by atoms with Crippen molar-refractivity contribution in [2.75, 3.05) is 29.9 Å². The summed E-state index contributed by atoms with van der Waals surface area (Å²) in [6, 6.07) is 11.0. The van der Waals surface area contributed by atoms with Crippen LogP contribution in [0.25, 0.3) is 0 Å². The minimum Gasteiger partial charge on any atom is -0.478 e. The lowest BCUT2D eigenvalue weighted by molar-refractivity contribution is -0.124. The van der Waals surface area contributed by atoms with Crippen LogP contribution in [-0.4, -0.2) is 50.3 Å². The fourth-order valence-electron chi connectivity index (χ4n) is 5.12. The summed E-state index contributed by atoms with van der Waals surface area (Å²) in [6.45, 7) is 4.71. The number of ether oxygens (including phenoxy) is 1. The average Bonchev–Trinajstić information content (AvgIpc) is 3.27. The van der Waals surface area contributed by atoms with Gasteiger partial charge in [0.1, 0.15) is 5.75 Å². The van der Waals surface area contributed by atoms with Crippen molar-refractivity contribution in [3.05, 3.63) is 47.5 Å². The molecule has 0 aromatic heterocycles. The number of anilines is 2. The number of hydrogen-bond acceptors (Lipinski definition) is 5. The summed E-state index contributed by atoms with van der Waals surface area (Å²) in [6.07, 6.45) is 1.95. The van der Waals surface area contributed by atoms with Crippen molar-refractivity contribution < 1.29 is 22.7 Å². The molecule has 1 fully saturated rings. The molecule has 180 valence electrons. The molecule has 0 aliphatic carbocycles. The predicted octanol–water partition coefficient (Wildman–Crippen LogP) is 3.09. The van der Waals surface area contributed by atoms with Crippen molar-refractivity contribution in [2.24, 2.45) is 5.92 Å². The number of carbonyl (C=O) groups excluding carboxylic acids is 2. The number of rotatable bonds is 4. The highest BCUT2D eigenvalue weighted by molar-refractivity contribution is 7.89. The van der Waals surface area contributed by atoms with Crippen LogP contribution in [0.5, 0.6) is 5.75 Å². The lowest BCUT2D eigenvalue weighted by Crippen LogP contribution is -2.46. The van der Waals surface area contributed by atoms with Crippen molar-refractivity contribution in [1.29, 1.82) is 0 Å². The van der Waals surface area contributed by atoms with Crippen LogP contribution in [-0.2, 0) is 26.0 Å². The normalized spacial score (nSPS) is 22.5. The number of sulfonamides is 1. The van der Waals surface area contributed by atoms with Crippen molar-refractivity contribution in [3.63, 3.8) is 0 Å². The number of para-hydroxylation sites is 1. The lowest BCUT2D eigenvalue weighted by atomic mass is 9.98. The molecule has 34 heavy (non-hydrogen) atoms. The Balaban J connectivity index is 1.39. The van der Waals surface area contributed by atoms with Crippen LogP contribution in [0.2, 0.25) is 0 Å². The summed E-state index contributed by atoms with van der Waals surface area (Å²) >= 11 is 0. The van der Waals surface area contributed by atoms with Gasteiger partial charge < -0.3 is 15.0 Å². The van der Waals surface area contributed by atoms with E-state index in [9.17, 15) is 18.0 Å². The number of carbonyl (C=O) groups is 2. The lowest BCUT2D eigenvalue weighted by Gasteiger charge is -2.34. The maximum absolute atomic E-state index is 13.7. The Bertz CT molecular complexity index is 1260. The molecule has 3 heterocycles. The fourth-order valence-corrected chi connectivity index (χ4v) is 6.87. The third-order valence-corrected chi connectivity index (χ3v) is 8.98. The van der Waals surface area contributed by atoms with E-state index in [0.29, 0.717) is 49.4 Å². The first-order valence-corrected chi connectivity index (χ1v) is 13.2. The van der Waals surface area contributed by atoms with Gasteiger partial charge in [0.25, 0.3) is 5.91 Å².